The second-order valence-corrected chi connectivity index (χ2v) is 10.5. The van der Waals surface area contributed by atoms with Crippen LogP contribution in [-0.4, -0.2) is 102 Å². The van der Waals surface area contributed by atoms with Gasteiger partial charge in [0.25, 0.3) is 5.91 Å². The number of carbonyl (C=O) groups excluding carboxylic acids is 1. The molecule has 1 aromatic rings. The molecule has 0 unspecified atom stereocenters. The van der Waals surface area contributed by atoms with Gasteiger partial charge in [-0.15, -0.1) is 0 Å². The van der Waals surface area contributed by atoms with Crippen molar-refractivity contribution >= 4 is 16.3 Å². The van der Waals surface area contributed by atoms with Crippen molar-refractivity contribution in [3.63, 3.8) is 0 Å². The molecule has 4 aliphatic rings. The molecule has 0 aromatic heterocycles. The highest BCUT2D eigenvalue weighted by Crippen LogP contribution is 2.55. The lowest BCUT2D eigenvalue weighted by molar-refractivity contribution is -0.162. The Hall–Kier alpha value is -2.24. The molecular weight excluding hydrogens is 518 g/mol. The van der Waals surface area contributed by atoms with Gasteiger partial charge in [0, 0.05) is 27.2 Å². The van der Waals surface area contributed by atoms with Gasteiger partial charge in [-0.25, -0.2) is 4.18 Å². The minimum absolute atomic E-state index is 0.0574. The summed E-state index contributed by atoms with van der Waals surface area (Å²) in [6.07, 6.45) is -3.98. The largest absolute Gasteiger partial charge is 0.463 e. The zero-order valence-corrected chi connectivity index (χ0v) is 21.7. The maximum Gasteiger partial charge on any atom is 0.397 e. The third-order valence-electron chi connectivity index (χ3n) is 6.81. The lowest BCUT2D eigenvalue weighted by Crippen LogP contribution is -2.67. The van der Waals surface area contributed by atoms with E-state index in [0.717, 1.165) is 0 Å². The number of rotatable bonds is 8. The van der Waals surface area contributed by atoms with Crippen LogP contribution in [0.2, 0.25) is 0 Å². The van der Waals surface area contributed by atoms with Gasteiger partial charge in [0.2, 0.25) is 12.5 Å². The van der Waals surface area contributed by atoms with Crippen LogP contribution in [0.15, 0.2) is 6.07 Å². The molecule has 1 saturated heterocycles. The molecule has 0 bridgehead atoms. The summed E-state index contributed by atoms with van der Waals surface area (Å²) >= 11 is 0. The average Bonchev–Trinajstić information content (AvgIpc) is 3.41. The van der Waals surface area contributed by atoms with Crippen molar-refractivity contribution in [2.45, 2.75) is 56.0 Å². The van der Waals surface area contributed by atoms with Crippen molar-refractivity contribution < 1.29 is 59.8 Å². The highest BCUT2D eigenvalue weighted by Gasteiger charge is 2.64. The van der Waals surface area contributed by atoms with E-state index in [1.165, 1.54) is 26.2 Å². The molecule has 3 heterocycles. The first kappa shape index (κ1) is 26.4. The van der Waals surface area contributed by atoms with Crippen molar-refractivity contribution in [2.75, 3.05) is 41.6 Å². The minimum Gasteiger partial charge on any atom is -0.463 e. The Bertz CT molecular complexity index is 1170. The number of hydrogen-bond acceptors (Lipinski definition) is 12. The second-order valence-electron chi connectivity index (χ2n) is 9.42. The van der Waals surface area contributed by atoms with Crippen LogP contribution in [-0.2, 0) is 38.3 Å². The van der Waals surface area contributed by atoms with Crippen LogP contribution in [0.5, 0.6) is 17.2 Å². The summed E-state index contributed by atoms with van der Waals surface area (Å²) in [6, 6.07) is 0.728. The summed E-state index contributed by atoms with van der Waals surface area (Å²) in [4.78, 5) is 15.4. The summed E-state index contributed by atoms with van der Waals surface area (Å²) in [5, 5.41) is 0. The molecule has 37 heavy (non-hydrogen) atoms. The van der Waals surface area contributed by atoms with Crippen molar-refractivity contribution in [1.82, 2.24) is 4.90 Å². The molecule has 2 fully saturated rings. The Labute approximate surface area is 213 Å². The maximum atomic E-state index is 14.0. The first-order valence-electron chi connectivity index (χ1n) is 11.4. The van der Waals surface area contributed by atoms with E-state index in [-0.39, 0.29) is 43.1 Å². The van der Waals surface area contributed by atoms with Gasteiger partial charge >= 0.3 is 10.4 Å². The lowest BCUT2D eigenvalue weighted by atomic mass is 9.69. The van der Waals surface area contributed by atoms with Crippen LogP contribution in [0.3, 0.4) is 0 Å². The van der Waals surface area contributed by atoms with E-state index in [1.54, 1.807) is 19.9 Å². The molecule has 1 aromatic carbocycles. The smallest absolute Gasteiger partial charge is 0.397 e. The molecular formula is C22H29NO13S. The van der Waals surface area contributed by atoms with E-state index < -0.39 is 58.5 Å². The van der Waals surface area contributed by atoms with Crippen molar-refractivity contribution in [3.8, 4) is 17.2 Å². The van der Waals surface area contributed by atoms with Crippen LogP contribution < -0.4 is 14.2 Å². The van der Waals surface area contributed by atoms with Crippen LogP contribution in [0, 0.1) is 0 Å². The Morgan fingerprint density at radius 1 is 1.11 bits per heavy atom. The number of amides is 1. The molecule has 5 rings (SSSR count). The van der Waals surface area contributed by atoms with Gasteiger partial charge in [-0.2, -0.15) is 8.42 Å². The van der Waals surface area contributed by atoms with Crippen molar-refractivity contribution in [3.05, 3.63) is 17.2 Å². The fourth-order valence-electron chi connectivity index (χ4n) is 5.71. The predicted octanol–water partition coefficient (Wildman–Crippen LogP) is 0.647. The first-order valence-corrected chi connectivity index (χ1v) is 12.8. The second kappa shape index (κ2) is 9.50. The minimum atomic E-state index is -4.97. The molecule has 1 N–H and O–H groups in total. The topological polar surface area (TPSA) is 158 Å². The van der Waals surface area contributed by atoms with Crippen LogP contribution in [0.4, 0.5) is 0 Å². The van der Waals surface area contributed by atoms with Gasteiger partial charge in [-0.1, -0.05) is 0 Å². The summed E-state index contributed by atoms with van der Waals surface area (Å²) < 4.78 is 84.4. The van der Waals surface area contributed by atoms with Crippen LogP contribution >= 0.6 is 0 Å². The van der Waals surface area contributed by atoms with E-state index in [1.807, 2.05) is 0 Å². The normalized spacial score (nSPS) is 31.6. The zero-order chi connectivity index (χ0) is 26.7. The fourth-order valence-corrected chi connectivity index (χ4v) is 6.22. The van der Waals surface area contributed by atoms with Crippen molar-refractivity contribution in [2.24, 2.45) is 0 Å². The average molecular weight is 548 g/mol. The number of methoxy groups -OCH3 is 3. The summed E-state index contributed by atoms with van der Waals surface area (Å²) in [5.41, 5.74) is 0.412. The number of fused-ring (bicyclic) bond motifs is 6. The predicted molar refractivity (Wildman–Crippen MR) is 121 cm³/mol. The van der Waals surface area contributed by atoms with E-state index in [4.69, 9.17) is 42.1 Å². The summed E-state index contributed by atoms with van der Waals surface area (Å²) in [5.74, 6) is -1.97. The Kier molecular flexibility index (Phi) is 6.77. The van der Waals surface area contributed by atoms with Crippen molar-refractivity contribution in [1.29, 1.82) is 0 Å². The molecule has 14 nitrogen and oxygen atoms in total. The van der Waals surface area contributed by atoms with Gasteiger partial charge in [0.05, 0.1) is 11.6 Å². The summed E-state index contributed by atoms with van der Waals surface area (Å²) in [7, 11) is -0.773. The molecule has 3 aliphatic heterocycles. The zero-order valence-electron chi connectivity index (χ0n) is 20.9. The Morgan fingerprint density at radius 2 is 1.84 bits per heavy atom. The van der Waals surface area contributed by atoms with E-state index >= 15 is 0 Å². The molecule has 15 heteroatoms. The van der Waals surface area contributed by atoms with E-state index in [0.29, 0.717) is 5.56 Å². The molecule has 0 spiro atoms. The highest BCUT2D eigenvalue weighted by molar-refractivity contribution is 7.80. The Balaban J connectivity index is 1.77. The molecule has 1 amide bonds. The fraction of sp³-hybridized carbons (Fsp3) is 0.682. The highest BCUT2D eigenvalue weighted by atomic mass is 32.3. The standard InChI is InChI=1S/C22H29NO13S/c1-22(2)34-18-14-12(17(36-37(25,26)27)19(30-5)20(18)35-22)10-6-11-15(33-9-31-11)16(32-8-29-4)13(10)21(24)23(14)7-28-3/h6,12,14,17-20H,7-9H2,1-5H3,(H,25,26,27)/t12-,14-,17-,18+,19+,20+/m1/s1. The third-order valence-corrected chi connectivity index (χ3v) is 7.27. The van der Waals surface area contributed by atoms with Gasteiger partial charge in [-0.3, -0.25) is 9.35 Å². The van der Waals surface area contributed by atoms with Crippen LogP contribution in [0.1, 0.15) is 35.7 Å². The Morgan fingerprint density at radius 3 is 2.49 bits per heavy atom. The molecule has 6 atom stereocenters. The SMILES string of the molecule is COCOc1c2c(cc3c1C(=O)N(COC)[C@H]1[C@@H]4OC(C)(C)O[C@@H]4[C@@H](OC)[C@H](OS(=O)(=O)O)[C@H]31)OCO2. The third kappa shape index (κ3) is 4.42. The first-order chi connectivity index (χ1) is 17.5. The number of benzene rings is 1. The van der Waals surface area contributed by atoms with Gasteiger partial charge in [-0.05, 0) is 25.5 Å². The molecule has 1 aliphatic carbocycles. The van der Waals surface area contributed by atoms with Crippen LogP contribution in [0.25, 0.3) is 0 Å². The maximum absolute atomic E-state index is 14.0. The quantitative estimate of drug-likeness (QED) is 0.357. The number of nitrogens with zero attached hydrogens (tertiary/aromatic N) is 1. The number of carbonyl (C=O) groups is 1. The number of hydrogen-bond donors (Lipinski definition) is 1. The lowest BCUT2D eigenvalue weighted by Gasteiger charge is -2.52. The monoisotopic (exact) mass is 547 g/mol. The molecule has 1 saturated carbocycles. The van der Waals surface area contributed by atoms with Gasteiger partial charge < -0.3 is 42.8 Å². The van der Waals surface area contributed by atoms with E-state index in [2.05, 4.69) is 0 Å². The molecule has 0 radical (unpaired) electrons. The van der Waals surface area contributed by atoms with Gasteiger partial charge in [0.15, 0.2) is 24.1 Å². The van der Waals surface area contributed by atoms with E-state index in [9.17, 15) is 17.8 Å². The summed E-state index contributed by atoms with van der Waals surface area (Å²) in [6.45, 7) is 2.88. The molecule has 206 valence electrons. The van der Waals surface area contributed by atoms with Gasteiger partial charge in [0.1, 0.15) is 31.1 Å². The number of ether oxygens (including phenoxy) is 8.